The number of nitrogens with one attached hydrogen (secondary N) is 2. The zero-order chi connectivity index (χ0) is 36.8. The molecule has 7 rings (SSSR count). The molecule has 3 aromatic rings. The molecule has 1 aliphatic carbocycles. The lowest BCUT2D eigenvalue weighted by atomic mass is 9.86. The van der Waals surface area contributed by atoms with E-state index in [-0.39, 0.29) is 25.3 Å². The quantitative estimate of drug-likeness (QED) is 0.277. The first-order chi connectivity index (χ1) is 24.8. The van der Waals surface area contributed by atoms with Gasteiger partial charge >= 0.3 is 12.1 Å². The van der Waals surface area contributed by atoms with E-state index in [1.807, 2.05) is 36.4 Å². The average Bonchev–Trinajstić information content (AvgIpc) is 3.67. The fraction of sp³-hybridized carbons (Fsp3) is 0.475. The number of carboxylic acids is 1. The van der Waals surface area contributed by atoms with Gasteiger partial charge in [-0.2, -0.15) is 0 Å². The predicted octanol–water partition coefficient (Wildman–Crippen LogP) is 6.08. The Morgan fingerprint density at radius 3 is 2.67 bits per heavy atom. The summed E-state index contributed by atoms with van der Waals surface area (Å²) in [5.74, 6) is -2.52. The molecule has 11 nitrogen and oxygen atoms in total. The number of aromatic nitrogens is 1. The molecule has 4 heterocycles. The summed E-state index contributed by atoms with van der Waals surface area (Å²) in [4.78, 5) is 60.9. The van der Waals surface area contributed by atoms with Crippen molar-refractivity contribution in [3.05, 3.63) is 72.1 Å². The van der Waals surface area contributed by atoms with Crippen molar-refractivity contribution >= 4 is 34.8 Å². The van der Waals surface area contributed by atoms with Crippen molar-refractivity contribution in [2.24, 2.45) is 5.92 Å². The molecule has 0 radical (unpaired) electrons. The van der Waals surface area contributed by atoms with Gasteiger partial charge in [-0.3, -0.25) is 9.59 Å². The van der Waals surface area contributed by atoms with Gasteiger partial charge in [-0.25, -0.2) is 19.0 Å². The Balaban J connectivity index is 1.28. The third kappa shape index (κ3) is 6.95. The fourth-order valence-electron chi connectivity index (χ4n) is 7.96. The number of hydrogen-bond donors (Lipinski definition) is 3. The van der Waals surface area contributed by atoms with E-state index < -0.39 is 58.5 Å². The van der Waals surface area contributed by atoms with Gasteiger partial charge in [0.1, 0.15) is 46.1 Å². The van der Waals surface area contributed by atoms with Gasteiger partial charge in [-0.05, 0) is 77.5 Å². The van der Waals surface area contributed by atoms with Crippen LogP contribution in [0.4, 0.5) is 9.18 Å². The Bertz CT molecular complexity index is 1960. The molecule has 1 saturated carbocycles. The predicted molar refractivity (Wildman–Crippen MR) is 191 cm³/mol. The number of allylic oxidation sites excluding steroid dienone is 1. The molecule has 2 aromatic carbocycles. The summed E-state index contributed by atoms with van der Waals surface area (Å²) in [5, 5.41) is 16.8. The number of carbonyl (C=O) groups is 4. The number of pyridine rings is 1. The van der Waals surface area contributed by atoms with Crippen LogP contribution in [0.5, 0.6) is 5.75 Å². The molecule has 1 saturated heterocycles. The maximum absolute atomic E-state index is 14.6. The van der Waals surface area contributed by atoms with Gasteiger partial charge < -0.3 is 30.1 Å². The normalized spacial score (nSPS) is 28.3. The maximum Gasteiger partial charge on any atom is 0.408 e. The standard InChI is InChI=1S/C40H45FN4O7/c1-38(2,3)52-37(50)43-30-17-8-6-4-5-7-13-25-21-40(25,36(48)49)44-34(46)31-22-39(23-45(31)35(30)47)19-18-28-27-15-9-10-16-29(27)42-32(33(28)51-39)24-12-11-14-26(41)20-24/h7,9-16,20,25,30-31H,4-6,8,17-19,21-23H2,1-3H3,(H,43,50)(H,44,46)(H,48,49)/b13-7-/t25-,30+,31+,39-,40-/m1/s1. The molecule has 5 atom stereocenters. The highest BCUT2D eigenvalue weighted by Gasteiger charge is 2.62. The van der Waals surface area contributed by atoms with Crippen LogP contribution >= 0.6 is 0 Å². The van der Waals surface area contributed by atoms with Crippen molar-refractivity contribution in [1.82, 2.24) is 20.5 Å². The van der Waals surface area contributed by atoms with Gasteiger partial charge in [-0.1, -0.05) is 55.3 Å². The highest BCUT2D eigenvalue weighted by molar-refractivity contribution is 5.96. The molecular formula is C40H45FN4O7. The molecule has 3 amide bonds. The summed E-state index contributed by atoms with van der Waals surface area (Å²) < 4.78 is 27.0. The van der Waals surface area contributed by atoms with Crippen molar-refractivity contribution in [3.63, 3.8) is 0 Å². The topological polar surface area (TPSA) is 147 Å². The van der Waals surface area contributed by atoms with Crippen LogP contribution in [0.3, 0.4) is 0 Å². The largest absolute Gasteiger partial charge is 0.483 e. The average molecular weight is 713 g/mol. The lowest BCUT2D eigenvalue weighted by molar-refractivity contribution is -0.145. The van der Waals surface area contributed by atoms with E-state index in [1.165, 1.54) is 17.0 Å². The van der Waals surface area contributed by atoms with E-state index in [4.69, 9.17) is 14.5 Å². The van der Waals surface area contributed by atoms with Crippen molar-refractivity contribution in [1.29, 1.82) is 0 Å². The van der Waals surface area contributed by atoms with Gasteiger partial charge in [-0.15, -0.1) is 0 Å². The number of benzene rings is 2. The Kier molecular flexibility index (Phi) is 9.21. The molecule has 12 heteroatoms. The number of carbonyl (C=O) groups excluding carboxylic acids is 3. The molecule has 4 aliphatic rings. The second kappa shape index (κ2) is 13.5. The van der Waals surface area contributed by atoms with Crippen LogP contribution in [0, 0.1) is 11.7 Å². The first-order valence-corrected chi connectivity index (χ1v) is 18.2. The lowest BCUT2D eigenvalue weighted by Crippen LogP contribution is -2.56. The summed E-state index contributed by atoms with van der Waals surface area (Å²) in [5.41, 5.74) is -0.716. The first-order valence-electron chi connectivity index (χ1n) is 18.2. The van der Waals surface area contributed by atoms with Crippen LogP contribution in [-0.4, -0.2) is 74.2 Å². The number of amides is 3. The van der Waals surface area contributed by atoms with E-state index in [2.05, 4.69) is 10.6 Å². The molecule has 0 bridgehead atoms. The number of rotatable bonds is 3. The van der Waals surface area contributed by atoms with Crippen molar-refractivity contribution in [2.75, 3.05) is 6.54 Å². The summed E-state index contributed by atoms with van der Waals surface area (Å²) in [6.07, 6.45) is 7.69. The molecule has 3 N–H and O–H groups in total. The Morgan fingerprint density at radius 1 is 1.10 bits per heavy atom. The number of aliphatic carboxylic acids is 1. The summed E-state index contributed by atoms with van der Waals surface area (Å²) in [7, 11) is 0. The molecule has 0 unspecified atom stereocenters. The molecule has 52 heavy (non-hydrogen) atoms. The number of carboxylic acid groups (broad SMARTS) is 1. The smallest absolute Gasteiger partial charge is 0.408 e. The van der Waals surface area contributed by atoms with Crippen LogP contribution in [0.25, 0.3) is 22.2 Å². The minimum absolute atomic E-state index is 0.00861. The van der Waals surface area contributed by atoms with E-state index in [0.29, 0.717) is 42.7 Å². The van der Waals surface area contributed by atoms with E-state index in [1.54, 1.807) is 32.9 Å². The van der Waals surface area contributed by atoms with Crippen LogP contribution < -0.4 is 15.4 Å². The number of nitrogens with zero attached hydrogens (tertiary/aromatic N) is 2. The second-order valence-electron chi connectivity index (χ2n) is 15.6. The van der Waals surface area contributed by atoms with Crippen molar-refractivity contribution in [2.45, 2.75) is 107 Å². The minimum Gasteiger partial charge on any atom is -0.483 e. The third-order valence-electron chi connectivity index (χ3n) is 10.6. The number of fused-ring (bicyclic) bond motifs is 5. The van der Waals surface area contributed by atoms with Crippen LogP contribution in [0.1, 0.15) is 77.7 Å². The maximum atomic E-state index is 14.6. The highest BCUT2D eigenvalue weighted by atomic mass is 19.1. The molecular weight excluding hydrogens is 667 g/mol. The fourth-order valence-corrected chi connectivity index (χ4v) is 7.96. The van der Waals surface area contributed by atoms with E-state index in [0.717, 1.165) is 35.7 Å². The Labute approximate surface area is 301 Å². The Morgan fingerprint density at radius 2 is 1.90 bits per heavy atom. The zero-order valence-electron chi connectivity index (χ0n) is 29.7. The van der Waals surface area contributed by atoms with Crippen molar-refractivity contribution < 1.29 is 38.1 Å². The minimum atomic E-state index is -1.47. The lowest BCUT2D eigenvalue weighted by Gasteiger charge is -2.37. The van der Waals surface area contributed by atoms with Crippen molar-refractivity contribution in [3.8, 4) is 17.0 Å². The van der Waals surface area contributed by atoms with Gasteiger partial charge in [0.05, 0.1) is 12.1 Å². The SMILES string of the molecule is CC(C)(C)OC(=O)N[C@H]1CCCCC/C=C\[C@@H]2C[C@@]2(C(=O)O)NC(=O)[C@@H]2C[C@]3(CCc4c(c(-c5cccc(F)c5)nc5ccccc45)O3)CN2C1=O. The number of alkyl carbamates (subject to hydrolysis) is 1. The molecule has 2 fully saturated rings. The highest BCUT2D eigenvalue weighted by Crippen LogP contribution is 2.49. The number of halogens is 1. The zero-order valence-corrected chi connectivity index (χ0v) is 29.7. The van der Waals surface area contributed by atoms with Crippen LogP contribution in [0.2, 0.25) is 0 Å². The molecule has 274 valence electrons. The second-order valence-corrected chi connectivity index (χ2v) is 15.6. The monoisotopic (exact) mass is 712 g/mol. The van der Waals surface area contributed by atoms with Gasteiger partial charge in [0.15, 0.2) is 0 Å². The number of ether oxygens (including phenoxy) is 2. The van der Waals surface area contributed by atoms with E-state index in [9.17, 15) is 28.7 Å². The third-order valence-corrected chi connectivity index (χ3v) is 10.6. The van der Waals surface area contributed by atoms with Gasteiger partial charge in [0, 0.05) is 28.9 Å². The Hall–Kier alpha value is -5.00. The first kappa shape index (κ1) is 35.4. The van der Waals surface area contributed by atoms with Gasteiger partial charge in [0.2, 0.25) is 11.8 Å². The molecule has 3 aliphatic heterocycles. The van der Waals surface area contributed by atoms with E-state index >= 15 is 0 Å². The van der Waals surface area contributed by atoms with Crippen LogP contribution in [0.15, 0.2) is 60.7 Å². The summed E-state index contributed by atoms with van der Waals surface area (Å²) in [6, 6.07) is 11.7. The molecule has 1 spiro atoms. The summed E-state index contributed by atoms with van der Waals surface area (Å²) in [6.45, 7) is 5.22. The summed E-state index contributed by atoms with van der Waals surface area (Å²) >= 11 is 0. The number of aryl methyl sites for hydroxylation is 1. The number of para-hydroxylation sites is 1. The van der Waals surface area contributed by atoms with Gasteiger partial charge in [0.25, 0.3) is 0 Å². The van der Waals surface area contributed by atoms with Crippen LogP contribution in [-0.2, 0) is 25.5 Å². The number of hydrogen-bond acceptors (Lipinski definition) is 7. The molecule has 1 aromatic heterocycles.